The predicted octanol–water partition coefficient (Wildman–Crippen LogP) is 3.75. The largest absolute Gasteiger partial charge is 0.497 e. The van der Waals surface area contributed by atoms with E-state index in [0.29, 0.717) is 0 Å². The predicted molar refractivity (Wildman–Crippen MR) is 105 cm³/mol. The Labute approximate surface area is 160 Å². The van der Waals surface area contributed by atoms with Gasteiger partial charge >= 0.3 is 5.97 Å². The van der Waals surface area contributed by atoms with Gasteiger partial charge in [0.15, 0.2) is 6.61 Å². The Bertz CT molecular complexity index is 825. The molecule has 142 valence electrons. The summed E-state index contributed by atoms with van der Waals surface area (Å²) < 4.78 is 10.1. The molecule has 1 N–H and O–H groups in total. The van der Waals surface area contributed by atoms with Gasteiger partial charge in [-0.05, 0) is 61.2 Å². The third-order valence-corrected chi connectivity index (χ3v) is 4.28. The zero-order chi connectivity index (χ0) is 19.8. The molecule has 2 aromatic carbocycles. The van der Waals surface area contributed by atoms with E-state index in [0.717, 1.165) is 16.9 Å². The third-order valence-electron chi connectivity index (χ3n) is 4.28. The Balaban J connectivity index is 1.80. The Morgan fingerprint density at radius 1 is 1.07 bits per heavy atom. The summed E-state index contributed by atoms with van der Waals surface area (Å²) in [4.78, 5) is 23.8. The average molecular weight is 367 g/mol. The summed E-state index contributed by atoms with van der Waals surface area (Å²) in [7, 11) is 1.59. The van der Waals surface area contributed by atoms with Gasteiger partial charge in [-0.1, -0.05) is 30.3 Å². The zero-order valence-corrected chi connectivity index (χ0v) is 16.1. The Morgan fingerprint density at radius 3 is 2.41 bits per heavy atom. The number of rotatable bonds is 7. The van der Waals surface area contributed by atoms with Crippen molar-refractivity contribution >= 4 is 18.0 Å². The first-order chi connectivity index (χ1) is 12.9. The number of aryl methyl sites for hydroxylation is 2. The minimum Gasteiger partial charge on any atom is -0.497 e. The molecule has 2 rings (SSSR count). The van der Waals surface area contributed by atoms with Crippen molar-refractivity contribution in [3.8, 4) is 5.75 Å². The summed E-state index contributed by atoms with van der Waals surface area (Å²) in [6.45, 7) is 5.65. The van der Waals surface area contributed by atoms with Crippen LogP contribution in [0.15, 0.2) is 48.5 Å². The van der Waals surface area contributed by atoms with Crippen LogP contribution in [-0.4, -0.2) is 25.6 Å². The highest BCUT2D eigenvalue weighted by Crippen LogP contribution is 2.16. The molecule has 0 aliphatic rings. The molecule has 2 aromatic rings. The van der Waals surface area contributed by atoms with Gasteiger partial charge in [-0.15, -0.1) is 0 Å². The maximum atomic E-state index is 12.0. The van der Waals surface area contributed by atoms with Gasteiger partial charge in [-0.25, -0.2) is 4.79 Å². The van der Waals surface area contributed by atoms with Gasteiger partial charge in [-0.2, -0.15) is 0 Å². The van der Waals surface area contributed by atoms with Gasteiger partial charge in [-0.3, -0.25) is 4.79 Å². The van der Waals surface area contributed by atoms with Crippen molar-refractivity contribution in [2.45, 2.75) is 26.8 Å². The minimum absolute atomic E-state index is 0.162. The van der Waals surface area contributed by atoms with E-state index in [1.807, 2.05) is 51.1 Å². The molecule has 0 fully saturated rings. The van der Waals surface area contributed by atoms with Crippen LogP contribution in [0, 0.1) is 13.8 Å². The topological polar surface area (TPSA) is 64.6 Å². The number of methoxy groups -OCH3 is 1. The van der Waals surface area contributed by atoms with Gasteiger partial charge in [0.05, 0.1) is 13.2 Å². The van der Waals surface area contributed by atoms with E-state index in [1.165, 1.54) is 17.2 Å². The first kappa shape index (κ1) is 20.2. The second-order valence-corrected chi connectivity index (χ2v) is 6.35. The standard InChI is InChI=1S/C22H25NO4/c1-15-5-9-19(13-16(15)2)17(3)23-21(24)14-27-22(25)12-8-18-6-10-20(26-4)11-7-18/h5-13,17H,14H2,1-4H3,(H,23,24)/b12-8+/t17-/m0/s1. The molecule has 0 aliphatic heterocycles. The highest BCUT2D eigenvalue weighted by Gasteiger charge is 2.11. The molecule has 0 radical (unpaired) electrons. The summed E-state index contributed by atoms with van der Waals surface area (Å²) in [6, 6.07) is 13.1. The van der Waals surface area contributed by atoms with Crippen LogP contribution < -0.4 is 10.1 Å². The molecule has 5 nitrogen and oxygen atoms in total. The summed E-state index contributed by atoms with van der Waals surface area (Å²) in [6.07, 6.45) is 2.92. The van der Waals surface area contributed by atoms with Gasteiger partial charge in [0.25, 0.3) is 5.91 Å². The normalized spacial score (nSPS) is 11.9. The molecule has 27 heavy (non-hydrogen) atoms. The Hall–Kier alpha value is -3.08. The summed E-state index contributed by atoms with van der Waals surface area (Å²) in [5.41, 5.74) is 4.22. The van der Waals surface area contributed by atoms with Crippen molar-refractivity contribution < 1.29 is 19.1 Å². The average Bonchev–Trinajstić information content (AvgIpc) is 2.67. The third kappa shape index (κ3) is 6.29. The van der Waals surface area contributed by atoms with Crippen molar-refractivity contribution in [3.05, 3.63) is 70.8 Å². The van der Waals surface area contributed by atoms with Crippen LogP contribution in [0.2, 0.25) is 0 Å². The second-order valence-electron chi connectivity index (χ2n) is 6.35. The lowest BCUT2D eigenvalue weighted by Crippen LogP contribution is -2.31. The van der Waals surface area contributed by atoms with Crippen molar-refractivity contribution in [1.29, 1.82) is 0 Å². The number of nitrogens with one attached hydrogen (secondary N) is 1. The Kier molecular flexibility index (Phi) is 7.17. The van der Waals surface area contributed by atoms with E-state index in [9.17, 15) is 9.59 Å². The molecule has 0 spiro atoms. The van der Waals surface area contributed by atoms with E-state index < -0.39 is 5.97 Å². The molecular formula is C22H25NO4. The second kappa shape index (κ2) is 9.57. The first-order valence-electron chi connectivity index (χ1n) is 8.74. The quantitative estimate of drug-likeness (QED) is 0.598. The highest BCUT2D eigenvalue weighted by molar-refractivity contribution is 5.89. The maximum Gasteiger partial charge on any atom is 0.331 e. The molecule has 0 aliphatic carbocycles. The molecule has 1 amide bonds. The zero-order valence-electron chi connectivity index (χ0n) is 16.1. The number of carbonyl (C=O) groups is 2. The summed E-state index contributed by atoms with van der Waals surface area (Å²) >= 11 is 0. The molecule has 0 bridgehead atoms. The van der Waals surface area contributed by atoms with Gasteiger partial charge in [0, 0.05) is 6.08 Å². The van der Waals surface area contributed by atoms with Crippen LogP contribution in [0.5, 0.6) is 5.75 Å². The number of ether oxygens (including phenoxy) is 2. The first-order valence-corrected chi connectivity index (χ1v) is 8.74. The number of amides is 1. The van der Waals surface area contributed by atoms with E-state index in [2.05, 4.69) is 5.32 Å². The number of hydrogen-bond acceptors (Lipinski definition) is 4. The molecule has 0 saturated heterocycles. The van der Waals surface area contributed by atoms with E-state index >= 15 is 0 Å². The smallest absolute Gasteiger partial charge is 0.331 e. The molecule has 0 unspecified atom stereocenters. The SMILES string of the molecule is COc1ccc(/C=C/C(=O)OCC(=O)N[C@@H](C)c2ccc(C)c(C)c2)cc1. The van der Waals surface area contributed by atoms with Crippen LogP contribution in [-0.2, 0) is 14.3 Å². The van der Waals surface area contributed by atoms with Crippen LogP contribution in [0.4, 0.5) is 0 Å². The van der Waals surface area contributed by atoms with E-state index in [-0.39, 0.29) is 18.6 Å². The number of esters is 1. The molecule has 0 heterocycles. The number of carbonyl (C=O) groups excluding carboxylic acids is 2. The van der Waals surface area contributed by atoms with E-state index in [4.69, 9.17) is 9.47 Å². The van der Waals surface area contributed by atoms with Crippen LogP contribution in [0.3, 0.4) is 0 Å². The molecule has 0 aromatic heterocycles. The van der Waals surface area contributed by atoms with Crippen LogP contribution >= 0.6 is 0 Å². The lowest BCUT2D eigenvalue weighted by atomic mass is 10.0. The summed E-state index contributed by atoms with van der Waals surface area (Å²) in [5, 5.41) is 2.83. The minimum atomic E-state index is -0.570. The van der Waals surface area contributed by atoms with Crippen molar-refractivity contribution in [2.24, 2.45) is 0 Å². The molecule has 1 atom stereocenters. The summed E-state index contributed by atoms with van der Waals surface area (Å²) in [5.74, 6) is -0.170. The Morgan fingerprint density at radius 2 is 1.78 bits per heavy atom. The van der Waals surface area contributed by atoms with Crippen molar-refractivity contribution in [3.63, 3.8) is 0 Å². The van der Waals surface area contributed by atoms with Crippen LogP contribution in [0.1, 0.15) is 35.2 Å². The fourth-order valence-electron chi connectivity index (χ4n) is 2.46. The van der Waals surface area contributed by atoms with Gasteiger partial charge in [0.2, 0.25) is 0 Å². The highest BCUT2D eigenvalue weighted by atomic mass is 16.5. The van der Waals surface area contributed by atoms with Crippen molar-refractivity contribution in [1.82, 2.24) is 5.32 Å². The number of benzene rings is 2. The monoisotopic (exact) mass is 367 g/mol. The molecule has 0 saturated carbocycles. The molecule has 5 heteroatoms. The fourth-order valence-corrected chi connectivity index (χ4v) is 2.46. The van der Waals surface area contributed by atoms with Gasteiger partial charge < -0.3 is 14.8 Å². The van der Waals surface area contributed by atoms with Crippen LogP contribution in [0.25, 0.3) is 6.08 Å². The van der Waals surface area contributed by atoms with Gasteiger partial charge in [0.1, 0.15) is 5.75 Å². The maximum absolute atomic E-state index is 12.0. The van der Waals surface area contributed by atoms with Crippen molar-refractivity contribution in [2.75, 3.05) is 13.7 Å². The lowest BCUT2D eigenvalue weighted by molar-refractivity contribution is -0.144. The van der Waals surface area contributed by atoms with E-state index in [1.54, 1.807) is 25.3 Å². The number of hydrogen-bond donors (Lipinski definition) is 1. The fraction of sp³-hybridized carbons (Fsp3) is 0.273. The molecular weight excluding hydrogens is 342 g/mol. The lowest BCUT2D eigenvalue weighted by Gasteiger charge is -2.15.